The first-order valence-corrected chi connectivity index (χ1v) is 10.6. The van der Waals surface area contributed by atoms with Crippen LogP contribution in [0.4, 0.5) is 0 Å². The number of primary amides is 1. The summed E-state index contributed by atoms with van der Waals surface area (Å²) in [6, 6.07) is 15.7. The van der Waals surface area contributed by atoms with E-state index in [4.69, 9.17) is 20.2 Å². The van der Waals surface area contributed by atoms with Gasteiger partial charge in [0.05, 0.1) is 25.6 Å². The van der Waals surface area contributed by atoms with Crippen LogP contribution in [0.2, 0.25) is 0 Å². The second-order valence-electron chi connectivity index (χ2n) is 7.57. The van der Waals surface area contributed by atoms with E-state index in [-0.39, 0.29) is 5.91 Å². The van der Waals surface area contributed by atoms with Crippen molar-refractivity contribution in [3.63, 3.8) is 0 Å². The molecule has 7 heteroatoms. The van der Waals surface area contributed by atoms with Gasteiger partial charge in [-0.15, -0.1) is 0 Å². The van der Waals surface area contributed by atoms with E-state index in [1.165, 1.54) is 0 Å². The number of nitrogens with two attached hydrogens (primary N) is 1. The Bertz CT molecular complexity index is 931. The van der Waals surface area contributed by atoms with Crippen LogP contribution in [0.1, 0.15) is 20.3 Å². The third kappa shape index (κ3) is 4.97. The molecule has 0 fully saturated rings. The molecule has 0 aliphatic rings. The van der Waals surface area contributed by atoms with Crippen LogP contribution >= 0.6 is 11.8 Å². The molecule has 0 radical (unpaired) electrons. The van der Waals surface area contributed by atoms with Crippen molar-refractivity contribution in [1.82, 2.24) is 9.97 Å². The molecule has 0 aliphatic carbocycles. The van der Waals surface area contributed by atoms with E-state index in [9.17, 15) is 4.79 Å². The number of methoxy groups -OCH3 is 2. The monoisotopic (exact) mass is 425 g/mol. The van der Waals surface area contributed by atoms with Crippen LogP contribution in [0.25, 0.3) is 22.5 Å². The van der Waals surface area contributed by atoms with Gasteiger partial charge in [-0.05, 0) is 55.0 Å². The smallest absolute Gasteiger partial charge is 0.223 e. The Balaban J connectivity index is 1.91. The van der Waals surface area contributed by atoms with Crippen molar-refractivity contribution in [1.29, 1.82) is 0 Å². The number of hydrogen-bond acceptors (Lipinski definition) is 5. The second kappa shape index (κ2) is 9.26. The van der Waals surface area contributed by atoms with E-state index in [1.54, 1.807) is 26.0 Å². The fraction of sp³-hybridized carbons (Fsp3) is 0.304. The van der Waals surface area contributed by atoms with E-state index in [0.717, 1.165) is 44.9 Å². The van der Waals surface area contributed by atoms with Gasteiger partial charge in [-0.2, -0.15) is 0 Å². The minimum atomic E-state index is -0.544. The van der Waals surface area contributed by atoms with E-state index in [1.807, 2.05) is 62.4 Å². The summed E-state index contributed by atoms with van der Waals surface area (Å²) < 4.78 is 10.5. The van der Waals surface area contributed by atoms with Gasteiger partial charge < -0.3 is 20.2 Å². The number of hydrogen-bond donors (Lipinski definition) is 2. The molecule has 1 amide bonds. The lowest BCUT2D eigenvalue weighted by Crippen LogP contribution is -2.31. The van der Waals surface area contributed by atoms with Crippen LogP contribution in [0, 0.1) is 5.41 Å². The molecule has 1 aromatic heterocycles. The van der Waals surface area contributed by atoms with Crippen molar-refractivity contribution in [2.45, 2.75) is 25.4 Å². The molecule has 0 atom stereocenters. The number of amides is 1. The topological polar surface area (TPSA) is 90.2 Å². The summed E-state index contributed by atoms with van der Waals surface area (Å²) in [6.45, 7) is 3.73. The number of nitrogens with zero attached hydrogens (tertiary/aromatic N) is 1. The lowest BCUT2D eigenvalue weighted by molar-refractivity contribution is -0.126. The van der Waals surface area contributed by atoms with Crippen LogP contribution < -0.4 is 15.2 Å². The van der Waals surface area contributed by atoms with Crippen molar-refractivity contribution in [2.24, 2.45) is 11.1 Å². The van der Waals surface area contributed by atoms with Crippen LogP contribution in [-0.2, 0) is 4.79 Å². The van der Waals surface area contributed by atoms with Crippen LogP contribution in [0.3, 0.4) is 0 Å². The second-order valence-corrected chi connectivity index (χ2v) is 8.65. The molecule has 30 heavy (non-hydrogen) atoms. The minimum Gasteiger partial charge on any atom is -0.497 e. The number of rotatable bonds is 9. The molecule has 3 aromatic rings. The summed E-state index contributed by atoms with van der Waals surface area (Å²) in [7, 11) is 3.30. The Morgan fingerprint density at radius 2 is 1.53 bits per heavy atom. The van der Waals surface area contributed by atoms with Gasteiger partial charge in [0.15, 0.2) is 5.16 Å². The number of aromatic amines is 1. The Kier molecular flexibility index (Phi) is 6.72. The number of benzene rings is 2. The predicted molar refractivity (Wildman–Crippen MR) is 121 cm³/mol. The predicted octanol–water partition coefficient (Wildman–Crippen LogP) is 4.75. The average Bonchev–Trinajstić information content (AvgIpc) is 3.17. The van der Waals surface area contributed by atoms with Crippen LogP contribution in [0.5, 0.6) is 11.5 Å². The van der Waals surface area contributed by atoms with Gasteiger partial charge in [0.25, 0.3) is 0 Å². The van der Waals surface area contributed by atoms with E-state index in [0.29, 0.717) is 6.42 Å². The maximum atomic E-state index is 11.6. The summed E-state index contributed by atoms with van der Waals surface area (Å²) in [5.74, 6) is 2.03. The quantitative estimate of drug-likeness (QED) is 0.483. The van der Waals surface area contributed by atoms with Crippen LogP contribution in [-0.4, -0.2) is 35.8 Å². The molecular weight excluding hydrogens is 398 g/mol. The summed E-state index contributed by atoms with van der Waals surface area (Å²) in [5.41, 5.74) is 8.73. The van der Waals surface area contributed by atoms with Gasteiger partial charge in [-0.1, -0.05) is 25.6 Å². The first-order valence-electron chi connectivity index (χ1n) is 9.65. The summed E-state index contributed by atoms with van der Waals surface area (Å²) in [6.07, 6.45) is 0.670. The largest absolute Gasteiger partial charge is 0.497 e. The lowest BCUT2D eigenvalue weighted by atomic mass is 9.90. The molecule has 0 spiro atoms. The van der Waals surface area contributed by atoms with E-state index >= 15 is 0 Å². The van der Waals surface area contributed by atoms with Crippen molar-refractivity contribution in [2.75, 3.05) is 20.0 Å². The molecule has 0 aliphatic heterocycles. The van der Waals surface area contributed by atoms with Gasteiger partial charge in [-0.25, -0.2) is 4.98 Å². The normalized spacial score (nSPS) is 11.3. The van der Waals surface area contributed by atoms with Gasteiger partial charge in [0, 0.05) is 22.3 Å². The van der Waals surface area contributed by atoms with Crippen molar-refractivity contribution >= 4 is 17.7 Å². The number of nitrogens with one attached hydrogen (secondary N) is 1. The zero-order valence-corrected chi connectivity index (χ0v) is 18.5. The Morgan fingerprint density at radius 3 is 2.03 bits per heavy atom. The Hall–Kier alpha value is -2.93. The number of H-pyrrole nitrogens is 1. The molecule has 0 unspecified atom stereocenters. The third-order valence-electron chi connectivity index (χ3n) is 5.06. The number of thioether (sulfide) groups is 1. The molecule has 0 bridgehead atoms. The molecule has 0 saturated heterocycles. The molecule has 1 heterocycles. The lowest BCUT2D eigenvalue weighted by Gasteiger charge is -2.19. The molecular formula is C23H27N3O3S. The minimum absolute atomic E-state index is 0.291. The van der Waals surface area contributed by atoms with Crippen LogP contribution in [0.15, 0.2) is 53.7 Å². The molecule has 158 valence electrons. The standard InChI is InChI=1S/C23H27N3O3S/c1-23(2,21(24)27)13-14-30-22-25-19(15-5-9-17(28-3)10-6-15)20(26-22)16-7-11-18(29-4)12-8-16/h5-12H,13-14H2,1-4H3,(H2,24,27)(H,25,26). The molecule has 2 aromatic carbocycles. The summed E-state index contributed by atoms with van der Waals surface area (Å²) >= 11 is 1.58. The maximum absolute atomic E-state index is 11.6. The molecule has 6 nitrogen and oxygen atoms in total. The third-order valence-corrected chi connectivity index (χ3v) is 5.93. The van der Waals surface area contributed by atoms with Gasteiger partial charge in [0.2, 0.25) is 5.91 Å². The zero-order chi connectivity index (χ0) is 21.7. The Labute approximate surface area is 181 Å². The SMILES string of the molecule is COc1ccc(-c2nc(SCCC(C)(C)C(N)=O)[nH]c2-c2ccc(OC)cc2)cc1. The van der Waals surface area contributed by atoms with Crippen molar-refractivity contribution < 1.29 is 14.3 Å². The van der Waals surface area contributed by atoms with E-state index < -0.39 is 5.41 Å². The highest BCUT2D eigenvalue weighted by molar-refractivity contribution is 7.99. The van der Waals surface area contributed by atoms with Gasteiger partial charge >= 0.3 is 0 Å². The first kappa shape index (κ1) is 21.8. The first-order chi connectivity index (χ1) is 14.3. The fourth-order valence-electron chi connectivity index (χ4n) is 2.87. The van der Waals surface area contributed by atoms with Crippen molar-refractivity contribution in [3.05, 3.63) is 48.5 Å². The highest BCUT2D eigenvalue weighted by Crippen LogP contribution is 2.35. The molecule has 3 N–H and O–H groups in total. The van der Waals surface area contributed by atoms with Gasteiger partial charge in [-0.3, -0.25) is 4.79 Å². The van der Waals surface area contributed by atoms with Gasteiger partial charge in [0.1, 0.15) is 11.5 Å². The molecule has 0 saturated carbocycles. The van der Waals surface area contributed by atoms with E-state index in [2.05, 4.69) is 4.98 Å². The summed E-state index contributed by atoms with van der Waals surface area (Å²) in [4.78, 5) is 19.8. The number of carbonyl (C=O) groups excluding carboxylic acids is 1. The fourth-order valence-corrected chi connectivity index (χ4v) is 4.01. The number of ether oxygens (including phenoxy) is 2. The number of aromatic nitrogens is 2. The van der Waals surface area contributed by atoms with Crippen molar-refractivity contribution in [3.8, 4) is 34.0 Å². The zero-order valence-electron chi connectivity index (χ0n) is 17.7. The highest BCUT2D eigenvalue weighted by Gasteiger charge is 2.24. The summed E-state index contributed by atoms with van der Waals surface area (Å²) in [5, 5.41) is 0.798. The average molecular weight is 426 g/mol. The highest BCUT2D eigenvalue weighted by atomic mass is 32.2. The number of carbonyl (C=O) groups is 1. The number of imidazole rings is 1. The maximum Gasteiger partial charge on any atom is 0.223 e. The Morgan fingerprint density at radius 1 is 1.00 bits per heavy atom. The molecule has 3 rings (SSSR count).